The smallest absolute Gasteiger partial charge is 0.410 e. The molecule has 11 nitrogen and oxygen atoms in total. The number of rotatable bonds is 9. The fourth-order valence-electron chi connectivity index (χ4n) is 3.28. The molecule has 12 heteroatoms. The minimum atomic E-state index is -0.732. The van der Waals surface area contributed by atoms with Crippen LogP contribution in [0.4, 0.5) is 4.79 Å². The second-order valence-electron chi connectivity index (χ2n) is 9.24. The Kier molecular flexibility index (Phi) is 11.0. The van der Waals surface area contributed by atoms with Crippen molar-refractivity contribution in [1.29, 1.82) is 0 Å². The van der Waals surface area contributed by atoms with Gasteiger partial charge in [0.05, 0.1) is 32.8 Å². The van der Waals surface area contributed by atoms with Crippen molar-refractivity contribution in [2.75, 3.05) is 53.6 Å². The van der Waals surface area contributed by atoms with Crippen molar-refractivity contribution in [2.45, 2.75) is 38.8 Å². The van der Waals surface area contributed by atoms with Gasteiger partial charge in [0.1, 0.15) is 30.1 Å². The molecule has 0 aromatic heterocycles. The molecule has 3 amide bonds. The summed E-state index contributed by atoms with van der Waals surface area (Å²) < 4.78 is 21.9. The normalized spacial score (nSPS) is 14.4. The highest BCUT2D eigenvalue weighted by molar-refractivity contribution is 9.10. The standard InChI is InChI=1S/C24H34BrN3O8/c1-24(2,3)36-23(32)27(4)14-20(29)26-17(13-21(30)28-8-10-34-11-9-28)15-35-19-12-16(25)6-7-18(19)22(31)33-5/h6-7,12,17H,8-11,13-15H2,1-5H3,(H,26,29)/t17-/m0/s1. The Morgan fingerprint density at radius 1 is 1.19 bits per heavy atom. The average Bonchev–Trinajstić information content (AvgIpc) is 2.81. The SMILES string of the molecule is COC(=O)c1ccc(Br)cc1OC[C@H](CC(=O)N1CCOCC1)NC(=O)CN(C)C(=O)OC(C)(C)C. The number of hydrogen-bond acceptors (Lipinski definition) is 8. The first-order valence-electron chi connectivity index (χ1n) is 11.5. The number of benzene rings is 1. The summed E-state index contributed by atoms with van der Waals surface area (Å²) in [5.74, 6) is -1.01. The molecule has 36 heavy (non-hydrogen) atoms. The van der Waals surface area contributed by atoms with E-state index < -0.39 is 29.6 Å². The minimum Gasteiger partial charge on any atom is -0.490 e. The van der Waals surface area contributed by atoms with Gasteiger partial charge in [0, 0.05) is 24.6 Å². The molecule has 1 heterocycles. The van der Waals surface area contributed by atoms with Crippen LogP contribution in [0, 0.1) is 0 Å². The van der Waals surface area contributed by atoms with Crippen LogP contribution in [0.3, 0.4) is 0 Å². The molecule has 0 bridgehead atoms. The van der Waals surface area contributed by atoms with Crippen molar-refractivity contribution in [1.82, 2.24) is 15.1 Å². The predicted molar refractivity (Wildman–Crippen MR) is 134 cm³/mol. The van der Waals surface area contributed by atoms with Crippen LogP contribution >= 0.6 is 15.9 Å². The summed E-state index contributed by atoms with van der Waals surface area (Å²) in [4.78, 5) is 52.7. The first-order valence-corrected chi connectivity index (χ1v) is 12.3. The number of nitrogens with zero attached hydrogens (tertiary/aromatic N) is 2. The highest BCUT2D eigenvalue weighted by Crippen LogP contribution is 2.25. The van der Waals surface area contributed by atoms with Crippen molar-refractivity contribution < 1.29 is 38.1 Å². The molecule has 2 rings (SSSR count). The van der Waals surface area contributed by atoms with Crippen LogP contribution in [0.1, 0.15) is 37.6 Å². The molecule has 200 valence electrons. The molecule has 1 saturated heterocycles. The van der Waals surface area contributed by atoms with Gasteiger partial charge in [-0.15, -0.1) is 0 Å². The molecule has 1 fully saturated rings. The van der Waals surface area contributed by atoms with E-state index >= 15 is 0 Å². The second-order valence-corrected chi connectivity index (χ2v) is 10.2. The number of carbonyl (C=O) groups is 4. The number of morpholine rings is 1. The lowest BCUT2D eigenvalue weighted by molar-refractivity contribution is -0.136. The molecule has 1 aromatic carbocycles. The molecule has 1 atom stereocenters. The molecule has 0 radical (unpaired) electrons. The molecular weight excluding hydrogens is 538 g/mol. The van der Waals surface area contributed by atoms with Crippen LogP contribution < -0.4 is 10.1 Å². The monoisotopic (exact) mass is 571 g/mol. The number of likely N-dealkylation sites (N-methyl/N-ethyl adjacent to an activating group) is 1. The Bertz CT molecular complexity index is 944. The maximum Gasteiger partial charge on any atom is 0.410 e. The van der Waals surface area contributed by atoms with E-state index in [2.05, 4.69) is 21.2 Å². The van der Waals surface area contributed by atoms with Crippen LogP contribution in [-0.2, 0) is 23.8 Å². The molecule has 1 N–H and O–H groups in total. The summed E-state index contributed by atoms with van der Waals surface area (Å²) in [6.07, 6.45) is -0.685. The van der Waals surface area contributed by atoms with Gasteiger partial charge in [-0.3, -0.25) is 9.59 Å². The topological polar surface area (TPSA) is 124 Å². The fourth-order valence-corrected chi connectivity index (χ4v) is 3.62. The van der Waals surface area contributed by atoms with Crippen LogP contribution in [-0.4, -0.2) is 98.9 Å². The van der Waals surface area contributed by atoms with E-state index in [1.807, 2.05) is 0 Å². The minimum absolute atomic E-state index is 0.0382. The second kappa shape index (κ2) is 13.4. The van der Waals surface area contributed by atoms with Crippen molar-refractivity contribution in [3.05, 3.63) is 28.2 Å². The third kappa shape index (κ3) is 9.65. The lowest BCUT2D eigenvalue weighted by Crippen LogP contribution is -2.49. The third-order valence-electron chi connectivity index (χ3n) is 5.02. The number of amides is 3. The van der Waals surface area contributed by atoms with E-state index in [9.17, 15) is 19.2 Å². The van der Waals surface area contributed by atoms with Crippen LogP contribution in [0.25, 0.3) is 0 Å². The zero-order valence-electron chi connectivity index (χ0n) is 21.3. The van der Waals surface area contributed by atoms with E-state index in [0.717, 1.165) is 4.90 Å². The van der Waals surface area contributed by atoms with Gasteiger partial charge < -0.3 is 34.1 Å². The van der Waals surface area contributed by atoms with Gasteiger partial charge in [0.2, 0.25) is 11.8 Å². The third-order valence-corrected chi connectivity index (χ3v) is 5.52. The van der Waals surface area contributed by atoms with Crippen molar-refractivity contribution in [2.24, 2.45) is 0 Å². The number of carbonyl (C=O) groups excluding carboxylic acids is 4. The molecule has 0 unspecified atom stereocenters. The largest absolute Gasteiger partial charge is 0.490 e. The summed E-state index contributed by atoms with van der Waals surface area (Å²) in [5, 5.41) is 2.76. The quantitative estimate of drug-likeness (QED) is 0.447. The van der Waals surface area contributed by atoms with E-state index in [-0.39, 0.29) is 36.8 Å². The van der Waals surface area contributed by atoms with Gasteiger partial charge in [-0.25, -0.2) is 9.59 Å². The number of methoxy groups -OCH3 is 1. The van der Waals surface area contributed by atoms with E-state index in [4.69, 9.17) is 18.9 Å². The lowest BCUT2D eigenvalue weighted by Gasteiger charge is -2.29. The molecule has 1 aliphatic rings. The van der Waals surface area contributed by atoms with Gasteiger partial charge in [-0.2, -0.15) is 0 Å². The molecule has 1 aromatic rings. The summed E-state index contributed by atoms with van der Waals surface area (Å²) in [7, 11) is 2.71. The zero-order valence-corrected chi connectivity index (χ0v) is 22.9. The van der Waals surface area contributed by atoms with Gasteiger partial charge in [0.25, 0.3) is 0 Å². The van der Waals surface area contributed by atoms with Crippen molar-refractivity contribution in [3.63, 3.8) is 0 Å². The zero-order chi connectivity index (χ0) is 26.9. The average molecular weight is 572 g/mol. The summed E-state index contributed by atoms with van der Waals surface area (Å²) in [6.45, 7) is 6.62. The number of halogens is 1. The Morgan fingerprint density at radius 3 is 2.47 bits per heavy atom. The van der Waals surface area contributed by atoms with Crippen LogP contribution in [0.2, 0.25) is 0 Å². The molecule has 0 spiro atoms. The first-order chi connectivity index (χ1) is 16.9. The van der Waals surface area contributed by atoms with E-state index in [1.165, 1.54) is 14.2 Å². The summed E-state index contributed by atoms with van der Waals surface area (Å²) >= 11 is 3.34. The summed E-state index contributed by atoms with van der Waals surface area (Å²) in [6, 6.07) is 4.09. The Balaban J connectivity index is 2.11. The maximum atomic E-state index is 12.9. The van der Waals surface area contributed by atoms with E-state index in [1.54, 1.807) is 43.9 Å². The molecule has 0 aliphatic carbocycles. The first kappa shape index (κ1) is 29.4. The highest BCUT2D eigenvalue weighted by atomic mass is 79.9. The van der Waals surface area contributed by atoms with Gasteiger partial charge in [-0.05, 0) is 39.0 Å². The Hall–Kier alpha value is -2.86. The number of esters is 1. The van der Waals surface area contributed by atoms with Crippen LogP contribution in [0.15, 0.2) is 22.7 Å². The maximum absolute atomic E-state index is 12.9. The lowest BCUT2D eigenvalue weighted by atomic mass is 10.1. The van der Waals surface area contributed by atoms with Crippen molar-refractivity contribution in [3.8, 4) is 5.75 Å². The Morgan fingerprint density at radius 2 is 1.86 bits per heavy atom. The number of nitrogens with one attached hydrogen (secondary N) is 1. The van der Waals surface area contributed by atoms with Crippen LogP contribution in [0.5, 0.6) is 5.75 Å². The Labute approximate surface area is 219 Å². The summed E-state index contributed by atoms with van der Waals surface area (Å²) in [5.41, 5.74) is -0.501. The fraction of sp³-hybridized carbons (Fsp3) is 0.583. The number of ether oxygens (including phenoxy) is 4. The predicted octanol–water partition coefficient (Wildman–Crippen LogP) is 2.22. The van der Waals surface area contributed by atoms with Crippen molar-refractivity contribution >= 4 is 39.8 Å². The van der Waals surface area contributed by atoms with E-state index in [0.29, 0.717) is 30.8 Å². The molecule has 1 aliphatic heterocycles. The highest BCUT2D eigenvalue weighted by Gasteiger charge is 2.26. The molecule has 0 saturated carbocycles. The van der Waals surface area contributed by atoms with Gasteiger partial charge >= 0.3 is 12.1 Å². The van der Waals surface area contributed by atoms with Gasteiger partial charge in [0.15, 0.2) is 0 Å². The number of hydrogen-bond donors (Lipinski definition) is 1. The van der Waals surface area contributed by atoms with Gasteiger partial charge in [-0.1, -0.05) is 15.9 Å². The molecular formula is C24H34BrN3O8.